The minimum Gasteiger partial charge on any atom is -0.464 e. The van der Waals surface area contributed by atoms with Crippen LogP contribution >= 0.6 is 11.6 Å². The summed E-state index contributed by atoms with van der Waals surface area (Å²) in [5, 5.41) is 11.1. The third kappa shape index (κ3) is 5.23. The lowest BCUT2D eigenvalue weighted by atomic mass is 10.9. The number of hydrogen-bond donors (Lipinski definition) is 2. The van der Waals surface area contributed by atoms with Gasteiger partial charge < -0.3 is 5.11 Å². The van der Waals surface area contributed by atoms with Crippen LogP contribution in [0.4, 0.5) is 4.79 Å². The summed E-state index contributed by atoms with van der Waals surface area (Å²) in [5.74, 6) is 0.209. The summed E-state index contributed by atoms with van der Waals surface area (Å²) in [6.07, 6.45) is 0.0572. The molecular weight excluding hydrogens is 131 g/mol. The molecule has 0 radical (unpaired) electrons. The molecule has 0 saturated carbocycles. The molecule has 0 unspecified atom stereocenters. The summed E-state index contributed by atoms with van der Waals surface area (Å²) in [7, 11) is 0. The maximum atomic E-state index is 9.61. The molecular formula is C3H5ClN2O2. The Hall–Kier alpha value is -0.770. The van der Waals surface area contributed by atoms with E-state index in [9.17, 15) is 4.79 Å². The fourth-order valence-corrected chi connectivity index (χ4v) is 0.204. The predicted octanol–water partition coefficient (Wildman–Crippen LogP) is 0.479. The lowest BCUT2D eigenvalue weighted by Gasteiger charge is -1.84. The zero-order chi connectivity index (χ0) is 6.41. The molecule has 0 heterocycles. The summed E-state index contributed by atoms with van der Waals surface area (Å²) < 4.78 is 0. The number of nitrogens with zero attached hydrogens (tertiary/aromatic N) is 1. The van der Waals surface area contributed by atoms with Gasteiger partial charge in [-0.2, -0.15) is 5.10 Å². The molecule has 0 saturated heterocycles. The first-order valence-corrected chi connectivity index (χ1v) is 2.37. The van der Waals surface area contributed by atoms with Crippen molar-refractivity contribution in [1.82, 2.24) is 5.43 Å². The van der Waals surface area contributed by atoms with Gasteiger partial charge in [-0.05, 0) is 0 Å². The van der Waals surface area contributed by atoms with Crippen molar-refractivity contribution in [3.8, 4) is 0 Å². The average Bonchev–Trinajstić information content (AvgIpc) is 1.66. The first kappa shape index (κ1) is 7.23. The summed E-state index contributed by atoms with van der Waals surface area (Å²) in [4.78, 5) is 9.61. The van der Waals surface area contributed by atoms with Crippen LogP contribution < -0.4 is 5.43 Å². The van der Waals surface area contributed by atoms with Gasteiger partial charge in [0.1, 0.15) is 0 Å². The normalized spacial score (nSPS) is 9.62. The van der Waals surface area contributed by atoms with Crippen molar-refractivity contribution >= 4 is 23.9 Å². The predicted molar refractivity (Wildman–Crippen MR) is 30.4 cm³/mol. The standard InChI is InChI=1S/C3H5ClN2O2/c4-1-2-5-6-3(7)8/h2,6H,1H2,(H,7,8). The topological polar surface area (TPSA) is 61.7 Å². The van der Waals surface area contributed by atoms with Crippen molar-refractivity contribution in [2.45, 2.75) is 0 Å². The number of halogens is 1. The first-order chi connectivity index (χ1) is 3.77. The van der Waals surface area contributed by atoms with E-state index in [1.54, 1.807) is 5.43 Å². The highest BCUT2D eigenvalue weighted by atomic mass is 35.5. The number of hydrazone groups is 1. The van der Waals surface area contributed by atoms with E-state index in [0.29, 0.717) is 0 Å². The number of carboxylic acid groups (broad SMARTS) is 1. The third-order valence-electron chi connectivity index (χ3n) is 0.320. The van der Waals surface area contributed by atoms with Crippen molar-refractivity contribution < 1.29 is 9.90 Å². The molecule has 0 fully saturated rings. The van der Waals surface area contributed by atoms with Crippen molar-refractivity contribution in [2.75, 3.05) is 5.88 Å². The molecule has 0 spiro atoms. The Balaban J connectivity index is 3.16. The molecule has 0 aliphatic rings. The van der Waals surface area contributed by atoms with E-state index in [1.165, 1.54) is 6.21 Å². The number of alkyl halides is 1. The number of carbonyl (C=O) groups is 1. The van der Waals surface area contributed by atoms with Crippen LogP contribution in [-0.4, -0.2) is 23.3 Å². The fraction of sp³-hybridized carbons (Fsp3) is 0.333. The smallest absolute Gasteiger partial charge is 0.425 e. The molecule has 46 valence electrons. The van der Waals surface area contributed by atoms with Crippen LogP contribution in [0.15, 0.2) is 5.10 Å². The van der Waals surface area contributed by atoms with Crippen LogP contribution in [0.2, 0.25) is 0 Å². The van der Waals surface area contributed by atoms with Crippen LogP contribution in [-0.2, 0) is 0 Å². The minimum absolute atomic E-state index is 0.209. The van der Waals surface area contributed by atoms with Crippen molar-refractivity contribution in [3.63, 3.8) is 0 Å². The van der Waals surface area contributed by atoms with E-state index in [0.717, 1.165) is 0 Å². The van der Waals surface area contributed by atoms with Gasteiger partial charge in [0.2, 0.25) is 0 Å². The van der Waals surface area contributed by atoms with Crippen LogP contribution in [0.25, 0.3) is 0 Å². The summed E-state index contributed by atoms with van der Waals surface area (Å²) in [6, 6.07) is 0. The first-order valence-electron chi connectivity index (χ1n) is 1.84. The van der Waals surface area contributed by atoms with Crippen molar-refractivity contribution in [1.29, 1.82) is 0 Å². The molecule has 0 aliphatic carbocycles. The second-order valence-electron chi connectivity index (χ2n) is 0.883. The third-order valence-corrected chi connectivity index (χ3v) is 0.459. The number of nitrogens with one attached hydrogen (secondary N) is 1. The van der Waals surface area contributed by atoms with E-state index >= 15 is 0 Å². The van der Waals surface area contributed by atoms with Gasteiger partial charge in [0.05, 0.1) is 5.88 Å². The van der Waals surface area contributed by atoms with Crippen LogP contribution in [0.1, 0.15) is 0 Å². The van der Waals surface area contributed by atoms with Gasteiger partial charge >= 0.3 is 6.09 Å². The molecule has 0 aromatic rings. The van der Waals surface area contributed by atoms with Gasteiger partial charge in [-0.15, -0.1) is 11.6 Å². The molecule has 4 nitrogen and oxygen atoms in total. The number of hydrogen-bond acceptors (Lipinski definition) is 2. The Bertz CT molecular complexity index is 103. The molecule has 0 aromatic carbocycles. The van der Waals surface area contributed by atoms with E-state index in [1.807, 2.05) is 0 Å². The van der Waals surface area contributed by atoms with Crippen LogP contribution in [0.5, 0.6) is 0 Å². The van der Waals surface area contributed by atoms with Gasteiger partial charge in [0.15, 0.2) is 0 Å². The average molecular weight is 137 g/mol. The van der Waals surface area contributed by atoms with Crippen LogP contribution in [0.3, 0.4) is 0 Å². The second-order valence-corrected chi connectivity index (χ2v) is 1.19. The minimum atomic E-state index is -1.19. The van der Waals surface area contributed by atoms with Gasteiger partial charge in [-0.3, -0.25) is 0 Å². The molecule has 2 N–H and O–H groups in total. The highest BCUT2D eigenvalue weighted by molar-refractivity contribution is 6.24. The van der Waals surface area contributed by atoms with E-state index < -0.39 is 6.09 Å². The number of rotatable bonds is 2. The lowest BCUT2D eigenvalue weighted by molar-refractivity contribution is 0.195. The molecule has 0 aliphatic heterocycles. The molecule has 8 heavy (non-hydrogen) atoms. The molecule has 0 bridgehead atoms. The Morgan fingerprint density at radius 1 is 2.00 bits per heavy atom. The highest BCUT2D eigenvalue weighted by Gasteiger charge is 1.83. The number of amides is 1. The Morgan fingerprint density at radius 2 is 2.62 bits per heavy atom. The Morgan fingerprint density at radius 3 is 3.00 bits per heavy atom. The summed E-state index contributed by atoms with van der Waals surface area (Å²) in [6.45, 7) is 0. The van der Waals surface area contributed by atoms with Gasteiger partial charge in [0.25, 0.3) is 0 Å². The Kier molecular flexibility index (Phi) is 3.97. The summed E-state index contributed by atoms with van der Waals surface area (Å²) in [5.41, 5.74) is 1.75. The molecule has 0 aromatic heterocycles. The zero-order valence-electron chi connectivity index (χ0n) is 3.97. The highest BCUT2D eigenvalue weighted by Crippen LogP contribution is 1.65. The van der Waals surface area contributed by atoms with E-state index in [-0.39, 0.29) is 5.88 Å². The summed E-state index contributed by atoms with van der Waals surface area (Å²) >= 11 is 5.10. The van der Waals surface area contributed by atoms with Crippen LogP contribution in [0, 0.1) is 0 Å². The quantitative estimate of drug-likeness (QED) is 0.330. The van der Waals surface area contributed by atoms with E-state index in [2.05, 4.69) is 5.10 Å². The monoisotopic (exact) mass is 136 g/mol. The van der Waals surface area contributed by atoms with Gasteiger partial charge in [0, 0.05) is 6.21 Å². The molecule has 0 atom stereocenters. The molecule has 1 amide bonds. The van der Waals surface area contributed by atoms with Gasteiger partial charge in [-0.1, -0.05) is 0 Å². The van der Waals surface area contributed by atoms with Crippen molar-refractivity contribution in [2.24, 2.45) is 5.10 Å². The molecule has 5 heteroatoms. The van der Waals surface area contributed by atoms with Gasteiger partial charge in [-0.25, -0.2) is 10.2 Å². The zero-order valence-corrected chi connectivity index (χ0v) is 4.72. The maximum absolute atomic E-state index is 9.61. The maximum Gasteiger partial charge on any atom is 0.425 e. The lowest BCUT2D eigenvalue weighted by Crippen LogP contribution is -2.13. The largest absolute Gasteiger partial charge is 0.464 e. The van der Waals surface area contributed by atoms with Crippen molar-refractivity contribution in [3.05, 3.63) is 0 Å². The molecule has 0 rings (SSSR count). The van der Waals surface area contributed by atoms with E-state index in [4.69, 9.17) is 16.7 Å². The second kappa shape index (κ2) is 4.39. The Labute approximate surface area is 51.1 Å². The fourth-order valence-electron chi connectivity index (χ4n) is 0.135. The SMILES string of the molecule is O=C(O)NN=CCCl.